The van der Waals surface area contributed by atoms with Crippen molar-refractivity contribution in [3.8, 4) is 0 Å². The molecule has 0 spiro atoms. The second-order valence-corrected chi connectivity index (χ2v) is 14.3. The fourth-order valence-electron chi connectivity index (χ4n) is 5.24. The highest BCUT2D eigenvalue weighted by atomic mass is 19.4. The van der Waals surface area contributed by atoms with Crippen LogP contribution in [0.15, 0.2) is 16.1 Å². The van der Waals surface area contributed by atoms with Crippen LogP contribution >= 0.6 is 0 Å². The van der Waals surface area contributed by atoms with Crippen molar-refractivity contribution in [2.45, 2.75) is 121 Å². The molecule has 0 aliphatic carbocycles. The largest absolute Gasteiger partial charge is 0.460 e. The summed E-state index contributed by atoms with van der Waals surface area (Å²) in [5.41, 5.74) is -12.7. The van der Waals surface area contributed by atoms with Gasteiger partial charge in [0.2, 0.25) is 12.2 Å². The Kier molecular flexibility index (Phi) is 16.9. The van der Waals surface area contributed by atoms with Gasteiger partial charge in [-0.1, -0.05) is 0 Å². The third-order valence-corrected chi connectivity index (χ3v) is 9.51. The fraction of sp³-hybridized carbons (Fsp3) is 0.677. The van der Waals surface area contributed by atoms with Crippen molar-refractivity contribution in [1.82, 2.24) is 5.32 Å². The van der Waals surface area contributed by atoms with Gasteiger partial charge in [-0.15, -0.1) is 0 Å². The van der Waals surface area contributed by atoms with E-state index in [0.29, 0.717) is 6.92 Å². The minimum absolute atomic E-state index is 0.0715. The van der Waals surface area contributed by atoms with Crippen molar-refractivity contribution in [3.63, 3.8) is 0 Å². The molecule has 0 fully saturated rings. The van der Waals surface area contributed by atoms with Crippen LogP contribution in [0.4, 0.5) is 174 Å². The van der Waals surface area contributed by atoms with Crippen molar-refractivity contribution in [2.75, 3.05) is 6.73 Å². The summed E-state index contributed by atoms with van der Waals surface area (Å²) in [5.74, 6) is -174. The van der Waals surface area contributed by atoms with Crippen molar-refractivity contribution >= 4 is 35.4 Å². The number of amides is 1. The number of nitrogens with zero attached hydrogens (tertiary/aromatic N) is 2. The van der Waals surface area contributed by atoms with Crippen molar-refractivity contribution in [3.05, 3.63) is 22.8 Å². The van der Waals surface area contributed by atoms with Crippen LogP contribution in [0.2, 0.25) is 0 Å². The zero-order valence-electron chi connectivity index (χ0n) is 34.2. The predicted octanol–water partition coefficient (Wildman–Crippen LogP) is 13.0. The SMILES string of the molecule is CC(=O)OCNC(=O)c1c(N=C=O)cc(C)c(N=C=O)c1C(F)(F)C(F)(F)C(F)(F)C(F)(F)C(F)(F)C(F)(F)C(F)(F)C(F)(F)C(F)(F)C(F)(F)C(F)(F)C(F)(F)C(F)(F)C(F)(F)C(F)(F)C(F)(F)C(F)(F)C(F)(F)F. The number of alkyl halides is 37. The Morgan fingerprint density at radius 1 is 0.434 bits per heavy atom. The first kappa shape index (κ1) is 68.3. The number of aliphatic imine (C=N–C) groups is 2. The number of carbonyl (C=O) groups excluding carboxylic acids is 4. The van der Waals surface area contributed by atoms with Crippen LogP contribution < -0.4 is 5.32 Å². The Bertz CT molecular complexity index is 2500. The number of carbonyl (C=O) groups is 2. The molecular weight excluding hydrogens is 1200 g/mol. The summed E-state index contributed by atoms with van der Waals surface area (Å²) in [6.07, 6.45) is -8.18. The first-order valence-electron chi connectivity index (χ1n) is 17.1. The number of nitrogens with one attached hydrogen (secondary N) is 1. The van der Waals surface area contributed by atoms with Crippen molar-refractivity contribution < 1.29 is 186 Å². The maximum absolute atomic E-state index is 15.8. The van der Waals surface area contributed by atoms with E-state index in [1.807, 2.05) is 0 Å². The van der Waals surface area contributed by atoms with Crippen molar-refractivity contribution in [2.24, 2.45) is 9.98 Å². The number of aryl methyl sites for hydroxylation is 1. The van der Waals surface area contributed by atoms with Gasteiger partial charge in [0.1, 0.15) is 0 Å². The lowest BCUT2D eigenvalue weighted by Crippen LogP contribution is -2.80. The normalized spacial score (nSPS) is 15.5. The van der Waals surface area contributed by atoms with Gasteiger partial charge in [-0.2, -0.15) is 172 Å². The molecule has 8 nitrogen and oxygen atoms in total. The molecule has 0 atom stereocenters. The third-order valence-electron chi connectivity index (χ3n) is 9.51. The third kappa shape index (κ3) is 8.64. The number of ether oxygens (including phenoxy) is 1. The Morgan fingerprint density at radius 3 is 0.921 bits per heavy atom. The molecular formula is C31H10F37N3O5. The van der Waals surface area contributed by atoms with E-state index in [1.165, 1.54) is 0 Å². The number of halogens is 37. The molecule has 0 radical (unpaired) electrons. The second kappa shape index (κ2) is 18.8. The molecule has 438 valence electrons. The van der Waals surface area contributed by atoms with Crippen molar-refractivity contribution in [1.29, 1.82) is 0 Å². The molecule has 1 aromatic carbocycles. The van der Waals surface area contributed by atoms with E-state index in [1.54, 1.807) is 0 Å². The second-order valence-electron chi connectivity index (χ2n) is 14.3. The molecule has 0 aliphatic heterocycles. The van der Waals surface area contributed by atoms with E-state index in [0.717, 1.165) is 5.32 Å². The molecule has 0 saturated heterocycles. The first-order valence-corrected chi connectivity index (χ1v) is 17.1. The first-order chi connectivity index (χ1) is 32.9. The summed E-state index contributed by atoms with van der Waals surface area (Å²) in [6, 6.07) is -0.119. The molecule has 0 unspecified atom stereocenters. The fourth-order valence-corrected chi connectivity index (χ4v) is 5.24. The van der Waals surface area contributed by atoms with Gasteiger partial charge in [0.05, 0.1) is 22.5 Å². The van der Waals surface area contributed by atoms with Crippen LogP contribution in [-0.4, -0.2) is 132 Å². The van der Waals surface area contributed by atoms with Gasteiger partial charge in [-0.05, 0) is 18.6 Å². The molecule has 0 saturated carbocycles. The molecule has 45 heteroatoms. The van der Waals surface area contributed by atoms with Gasteiger partial charge in [-0.25, -0.2) is 9.59 Å². The van der Waals surface area contributed by atoms with E-state index in [4.69, 9.17) is 0 Å². The van der Waals surface area contributed by atoms with Crippen LogP contribution in [0.25, 0.3) is 0 Å². The standard InChI is InChI=1S/C31H10F37N3O5/c1-7-3-9(69-4-72)10(13(75)71-6-76-8(2)74)11(12(7)70-5-73)14(32,33)15(34,35)16(36,37)17(38,39)18(40,41)19(42,43)20(44,45)21(46,47)22(48,49)23(50,51)24(52,53)25(54,55)26(56,57)27(58,59)28(60,61)29(62,63)30(64,65)31(66,67)68/h3H,6H2,1-2H3,(H,71,75). The van der Waals surface area contributed by atoms with E-state index in [2.05, 4.69) is 14.7 Å². The van der Waals surface area contributed by atoms with Gasteiger partial charge in [0, 0.05) is 6.92 Å². The Morgan fingerprint density at radius 2 is 0.684 bits per heavy atom. The highest BCUT2D eigenvalue weighted by molar-refractivity contribution is 6.03. The Labute approximate surface area is 388 Å². The van der Waals surface area contributed by atoms with Gasteiger partial charge >= 0.3 is 113 Å². The number of hydrogen-bond donors (Lipinski definition) is 1. The summed E-state index contributed by atoms with van der Waals surface area (Å²) in [6.45, 7) is -1.24. The lowest BCUT2D eigenvalue weighted by molar-refractivity contribution is -0.493. The molecule has 0 aliphatic rings. The number of isocyanates is 2. The summed E-state index contributed by atoms with van der Waals surface area (Å²) < 4.78 is 528. The van der Waals surface area contributed by atoms with Crippen LogP contribution in [0.1, 0.15) is 28.4 Å². The summed E-state index contributed by atoms with van der Waals surface area (Å²) in [5, 5.41) is 1.01. The summed E-state index contributed by atoms with van der Waals surface area (Å²) in [7, 11) is 0. The van der Waals surface area contributed by atoms with Crippen LogP contribution in [0.5, 0.6) is 0 Å². The molecule has 0 heterocycles. The predicted molar refractivity (Wildman–Crippen MR) is 160 cm³/mol. The quantitative estimate of drug-likeness (QED) is 0.0408. The van der Waals surface area contributed by atoms with Gasteiger partial charge in [0.25, 0.3) is 5.91 Å². The number of benzene rings is 1. The molecule has 1 N–H and O–H groups in total. The van der Waals surface area contributed by atoms with Gasteiger partial charge in [-0.3, -0.25) is 9.59 Å². The molecule has 1 rings (SSSR count). The van der Waals surface area contributed by atoms with Crippen LogP contribution in [-0.2, 0) is 25.0 Å². The van der Waals surface area contributed by atoms with E-state index < -0.39 is 154 Å². The Balaban J connectivity index is 4.37. The molecule has 1 aromatic rings. The lowest BCUT2D eigenvalue weighted by Gasteiger charge is -2.47. The maximum atomic E-state index is 15.8. The molecule has 76 heavy (non-hydrogen) atoms. The highest BCUT2D eigenvalue weighted by Crippen LogP contribution is 2.71. The van der Waals surface area contributed by atoms with Crippen LogP contribution in [0.3, 0.4) is 0 Å². The average Bonchev–Trinajstić information content (AvgIpc) is 3.22. The minimum atomic E-state index is -10.6. The number of rotatable bonds is 22. The minimum Gasteiger partial charge on any atom is -0.445 e. The maximum Gasteiger partial charge on any atom is 0.460 e. The zero-order valence-corrected chi connectivity index (χ0v) is 34.2. The topological polar surface area (TPSA) is 114 Å². The zero-order chi connectivity index (χ0) is 61.7. The van der Waals surface area contributed by atoms with E-state index in [-0.39, 0.29) is 25.1 Å². The van der Waals surface area contributed by atoms with Crippen LogP contribution in [0, 0.1) is 6.92 Å². The summed E-state index contributed by atoms with van der Waals surface area (Å²) >= 11 is 0. The number of hydrogen-bond acceptors (Lipinski definition) is 7. The monoisotopic (exact) mass is 1210 g/mol. The molecule has 0 aromatic heterocycles. The van der Waals surface area contributed by atoms with Gasteiger partial charge < -0.3 is 10.1 Å². The Hall–Kier alpha value is -5.67. The summed E-state index contributed by atoms with van der Waals surface area (Å²) in [4.78, 5) is 49.9. The molecule has 0 bridgehead atoms. The van der Waals surface area contributed by atoms with E-state index >= 15 is 26.3 Å². The van der Waals surface area contributed by atoms with Gasteiger partial charge in [0.15, 0.2) is 6.73 Å². The molecule has 1 amide bonds. The smallest absolute Gasteiger partial charge is 0.445 e. The average molecular weight is 1210 g/mol. The number of esters is 1. The lowest BCUT2D eigenvalue weighted by atomic mass is 9.81. The van der Waals surface area contributed by atoms with E-state index in [9.17, 15) is 155 Å². The highest BCUT2D eigenvalue weighted by Gasteiger charge is 3.02.